The van der Waals surface area contributed by atoms with Gasteiger partial charge in [-0.05, 0) is 52.3 Å². The summed E-state index contributed by atoms with van der Waals surface area (Å²) in [5.74, 6) is -0.0129. The molecule has 2 aromatic carbocycles. The van der Waals surface area contributed by atoms with Crippen LogP contribution in [-0.2, 0) is 0 Å². The van der Waals surface area contributed by atoms with Crippen LogP contribution in [0.5, 0.6) is 5.75 Å². The minimum absolute atomic E-state index is 0.406. The average molecular weight is 546 g/mol. The summed E-state index contributed by atoms with van der Waals surface area (Å²) in [7, 11) is 0. The Morgan fingerprint density at radius 2 is 1.83 bits per heavy atom. The Kier molecular flexibility index (Phi) is 4.95. The molecule has 0 N–H and O–H groups in total. The Hall–Kier alpha value is -2.13. The standard InChI is InChI=1S/C21H10Br2N2O2S2/c22-12-10-13(23)19(18-11(12)4-3-9-24-18)27-21(26)17-8-7-16(28-17)20-25-14-5-1-2-6-15(14)29-20/h1-10H. The van der Waals surface area contributed by atoms with Gasteiger partial charge in [-0.15, -0.1) is 22.7 Å². The van der Waals surface area contributed by atoms with E-state index in [-0.39, 0.29) is 0 Å². The molecule has 0 aliphatic heterocycles. The van der Waals surface area contributed by atoms with Crippen LogP contribution in [0.1, 0.15) is 9.67 Å². The van der Waals surface area contributed by atoms with Crippen LogP contribution in [0.15, 0.2) is 69.7 Å². The third kappa shape index (κ3) is 3.50. The smallest absolute Gasteiger partial charge is 0.353 e. The first-order valence-electron chi connectivity index (χ1n) is 8.51. The lowest BCUT2D eigenvalue weighted by atomic mass is 10.2. The zero-order chi connectivity index (χ0) is 20.0. The van der Waals surface area contributed by atoms with Gasteiger partial charge in [-0.3, -0.25) is 4.98 Å². The molecule has 5 aromatic rings. The van der Waals surface area contributed by atoms with Crippen LogP contribution in [0.25, 0.3) is 31.0 Å². The van der Waals surface area contributed by atoms with Gasteiger partial charge in [-0.1, -0.05) is 34.1 Å². The van der Waals surface area contributed by atoms with Crippen molar-refractivity contribution in [1.82, 2.24) is 9.97 Å². The van der Waals surface area contributed by atoms with Gasteiger partial charge in [0.15, 0.2) is 5.75 Å². The molecule has 0 aliphatic carbocycles. The van der Waals surface area contributed by atoms with Crippen molar-refractivity contribution in [1.29, 1.82) is 0 Å². The van der Waals surface area contributed by atoms with Crippen LogP contribution in [0.3, 0.4) is 0 Å². The van der Waals surface area contributed by atoms with Crippen molar-refractivity contribution in [3.05, 3.63) is 74.6 Å². The molecule has 0 amide bonds. The number of pyridine rings is 1. The van der Waals surface area contributed by atoms with E-state index in [2.05, 4.69) is 41.8 Å². The van der Waals surface area contributed by atoms with Crippen LogP contribution >= 0.6 is 54.5 Å². The number of fused-ring (bicyclic) bond motifs is 2. The molecule has 29 heavy (non-hydrogen) atoms. The molecule has 0 aliphatic rings. The fourth-order valence-electron chi connectivity index (χ4n) is 2.93. The molecule has 4 nitrogen and oxygen atoms in total. The Labute approximate surface area is 190 Å². The SMILES string of the molecule is O=C(Oc1c(Br)cc(Br)c2cccnc12)c1ccc(-c2nc3ccccc3s2)s1. The number of para-hydroxylation sites is 1. The van der Waals surface area contributed by atoms with Crippen molar-refractivity contribution in [2.24, 2.45) is 0 Å². The van der Waals surface area contributed by atoms with Gasteiger partial charge < -0.3 is 4.74 Å². The number of carbonyl (C=O) groups excluding carboxylic acids is 1. The summed E-state index contributed by atoms with van der Waals surface area (Å²) in [5.41, 5.74) is 1.58. The van der Waals surface area contributed by atoms with Crippen molar-refractivity contribution in [3.8, 4) is 15.6 Å². The van der Waals surface area contributed by atoms with Crippen molar-refractivity contribution in [3.63, 3.8) is 0 Å². The molecule has 0 unspecified atom stereocenters. The molecule has 0 fully saturated rings. The van der Waals surface area contributed by atoms with Crippen LogP contribution in [-0.4, -0.2) is 15.9 Å². The molecule has 5 rings (SSSR count). The van der Waals surface area contributed by atoms with E-state index in [1.54, 1.807) is 23.6 Å². The van der Waals surface area contributed by atoms with Crippen molar-refractivity contribution < 1.29 is 9.53 Å². The summed E-state index contributed by atoms with van der Waals surface area (Å²) in [4.78, 5) is 23.3. The summed E-state index contributed by atoms with van der Waals surface area (Å²) >= 11 is 9.98. The summed E-state index contributed by atoms with van der Waals surface area (Å²) in [6.07, 6.45) is 1.68. The number of esters is 1. The first-order valence-corrected chi connectivity index (χ1v) is 11.7. The van der Waals surface area contributed by atoms with E-state index < -0.39 is 5.97 Å². The molecule has 0 atom stereocenters. The lowest BCUT2D eigenvalue weighted by Gasteiger charge is -2.10. The minimum Gasteiger partial charge on any atom is -0.419 e. The second-order valence-corrected chi connectivity index (χ2v) is 9.93. The van der Waals surface area contributed by atoms with E-state index >= 15 is 0 Å². The lowest BCUT2D eigenvalue weighted by molar-refractivity contribution is 0.0740. The van der Waals surface area contributed by atoms with Crippen molar-refractivity contribution >= 4 is 81.6 Å². The molecule has 142 valence electrons. The average Bonchev–Trinajstić information content (AvgIpc) is 3.38. The quantitative estimate of drug-likeness (QED) is 0.176. The van der Waals surface area contributed by atoms with E-state index in [9.17, 15) is 4.79 Å². The minimum atomic E-state index is -0.419. The number of thiophene rings is 1. The second-order valence-electron chi connectivity index (χ2n) is 6.11. The Balaban J connectivity index is 1.48. The van der Waals surface area contributed by atoms with Crippen LogP contribution in [0, 0.1) is 0 Å². The number of rotatable bonds is 3. The lowest BCUT2D eigenvalue weighted by Crippen LogP contribution is -2.07. The molecule has 0 radical (unpaired) electrons. The van der Waals surface area contributed by atoms with Crippen molar-refractivity contribution in [2.45, 2.75) is 0 Å². The van der Waals surface area contributed by atoms with Gasteiger partial charge in [-0.25, -0.2) is 9.78 Å². The van der Waals surface area contributed by atoms with Crippen LogP contribution in [0.4, 0.5) is 0 Å². The van der Waals surface area contributed by atoms with E-state index in [0.29, 0.717) is 20.6 Å². The Bertz CT molecular complexity index is 1360. The Morgan fingerprint density at radius 3 is 2.69 bits per heavy atom. The number of hydrogen-bond acceptors (Lipinski definition) is 6. The highest BCUT2D eigenvalue weighted by atomic mass is 79.9. The molecule has 0 saturated carbocycles. The number of carbonyl (C=O) groups is 1. The number of ether oxygens (including phenoxy) is 1. The normalized spacial score (nSPS) is 11.2. The number of halogens is 2. The van der Waals surface area contributed by atoms with E-state index in [1.165, 1.54) is 11.3 Å². The van der Waals surface area contributed by atoms with Gasteiger partial charge in [0.2, 0.25) is 0 Å². The van der Waals surface area contributed by atoms with Gasteiger partial charge >= 0.3 is 5.97 Å². The summed E-state index contributed by atoms with van der Waals surface area (Å²) in [5, 5.41) is 1.77. The number of nitrogens with zero attached hydrogens (tertiary/aromatic N) is 2. The fourth-order valence-corrected chi connectivity index (χ4v) is 6.18. The first-order chi connectivity index (χ1) is 14.1. The largest absolute Gasteiger partial charge is 0.419 e. The summed E-state index contributed by atoms with van der Waals surface area (Å²) < 4.78 is 8.39. The van der Waals surface area contributed by atoms with Crippen LogP contribution < -0.4 is 4.74 Å². The molecule has 3 heterocycles. The van der Waals surface area contributed by atoms with Crippen LogP contribution in [0.2, 0.25) is 0 Å². The van der Waals surface area contributed by atoms with Gasteiger partial charge in [-0.2, -0.15) is 0 Å². The number of benzene rings is 2. The molecule has 0 bridgehead atoms. The highest BCUT2D eigenvalue weighted by Gasteiger charge is 2.19. The first kappa shape index (κ1) is 18.9. The molecule has 8 heteroatoms. The third-order valence-electron chi connectivity index (χ3n) is 4.26. The summed E-state index contributed by atoms with van der Waals surface area (Å²) in [6.45, 7) is 0. The van der Waals surface area contributed by atoms with Gasteiger partial charge in [0.05, 0.1) is 19.6 Å². The number of aromatic nitrogens is 2. The summed E-state index contributed by atoms with van der Waals surface area (Å²) in [6, 6.07) is 17.3. The maximum Gasteiger partial charge on any atom is 0.353 e. The maximum absolute atomic E-state index is 12.8. The van der Waals surface area contributed by atoms with Gasteiger partial charge in [0.25, 0.3) is 0 Å². The number of thiazole rings is 1. The third-order valence-corrected chi connectivity index (χ3v) is 7.77. The van der Waals surface area contributed by atoms with Crippen molar-refractivity contribution in [2.75, 3.05) is 0 Å². The molecular formula is C21H10Br2N2O2S2. The van der Waals surface area contributed by atoms with Gasteiger partial charge in [0.1, 0.15) is 15.4 Å². The fraction of sp³-hybridized carbons (Fsp3) is 0. The topological polar surface area (TPSA) is 52.1 Å². The molecular weight excluding hydrogens is 536 g/mol. The zero-order valence-corrected chi connectivity index (χ0v) is 19.4. The van der Waals surface area contributed by atoms with E-state index in [0.717, 1.165) is 30.0 Å². The predicted octanol–water partition coefficient (Wildman–Crippen LogP) is 7.32. The highest BCUT2D eigenvalue weighted by Crippen LogP contribution is 2.39. The Morgan fingerprint density at radius 1 is 0.966 bits per heavy atom. The number of hydrogen-bond donors (Lipinski definition) is 0. The predicted molar refractivity (Wildman–Crippen MR) is 125 cm³/mol. The zero-order valence-electron chi connectivity index (χ0n) is 14.6. The van der Waals surface area contributed by atoms with E-state index in [4.69, 9.17) is 4.74 Å². The van der Waals surface area contributed by atoms with Gasteiger partial charge in [0, 0.05) is 16.1 Å². The van der Waals surface area contributed by atoms with E-state index in [1.807, 2.05) is 48.5 Å². The molecule has 0 saturated heterocycles. The second kappa shape index (κ2) is 7.60. The monoisotopic (exact) mass is 544 g/mol. The molecule has 0 spiro atoms. The maximum atomic E-state index is 12.8. The highest BCUT2D eigenvalue weighted by molar-refractivity contribution is 9.11. The molecule has 3 aromatic heterocycles.